The van der Waals surface area contributed by atoms with Gasteiger partial charge < -0.3 is 0 Å². The van der Waals surface area contributed by atoms with Crippen molar-refractivity contribution in [1.82, 2.24) is 4.72 Å². The third-order valence-corrected chi connectivity index (χ3v) is 6.22. The van der Waals surface area contributed by atoms with E-state index in [0.29, 0.717) is 37.1 Å². The summed E-state index contributed by atoms with van der Waals surface area (Å²) in [6.45, 7) is 0. The Morgan fingerprint density at radius 2 is 2.00 bits per heavy atom. The highest BCUT2D eigenvalue weighted by atomic mass is 35.5. The zero-order valence-electron chi connectivity index (χ0n) is 11.7. The van der Waals surface area contributed by atoms with Crippen LogP contribution >= 0.6 is 11.6 Å². The summed E-state index contributed by atoms with van der Waals surface area (Å²) in [5, 5.41) is 0.678. The van der Waals surface area contributed by atoms with Gasteiger partial charge in [-0.2, -0.15) is 0 Å². The molecule has 2 aliphatic rings. The summed E-state index contributed by atoms with van der Waals surface area (Å²) in [4.78, 5) is 0. The molecule has 21 heavy (non-hydrogen) atoms. The van der Waals surface area contributed by atoms with Gasteiger partial charge in [0.2, 0.25) is 10.0 Å². The fourth-order valence-corrected chi connectivity index (χ4v) is 5.34. The Morgan fingerprint density at radius 3 is 2.71 bits per heavy atom. The SMILES string of the molecule is O=S(=O)(CC1CCC(F)C1)NC1Cc2ccc(Cl)cc2C1. The second-order valence-electron chi connectivity index (χ2n) is 6.19. The average Bonchev–Trinajstić information content (AvgIpc) is 2.93. The van der Waals surface area contributed by atoms with Crippen molar-refractivity contribution in [3.05, 3.63) is 34.3 Å². The van der Waals surface area contributed by atoms with Crippen LogP contribution in [0.25, 0.3) is 0 Å². The van der Waals surface area contributed by atoms with E-state index in [1.807, 2.05) is 18.2 Å². The van der Waals surface area contributed by atoms with Crippen molar-refractivity contribution >= 4 is 21.6 Å². The molecule has 3 nitrogen and oxygen atoms in total. The minimum Gasteiger partial charge on any atom is -0.247 e. The number of hydrogen-bond acceptors (Lipinski definition) is 2. The summed E-state index contributed by atoms with van der Waals surface area (Å²) in [6.07, 6.45) is 2.08. The Morgan fingerprint density at radius 1 is 1.24 bits per heavy atom. The van der Waals surface area contributed by atoms with E-state index in [1.165, 1.54) is 0 Å². The minimum absolute atomic E-state index is 0.0427. The zero-order chi connectivity index (χ0) is 15.0. The Kier molecular flexibility index (Phi) is 4.26. The second-order valence-corrected chi connectivity index (χ2v) is 8.43. The lowest BCUT2D eigenvalue weighted by Gasteiger charge is -2.15. The summed E-state index contributed by atoms with van der Waals surface area (Å²) in [5.41, 5.74) is 2.26. The maximum absolute atomic E-state index is 13.1. The van der Waals surface area contributed by atoms with Gasteiger partial charge in [0.1, 0.15) is 6.17 Å². The molecule has 6 heteroatoms. The molecule has 0 heterocycles. The van der Waals surface area contributed by atoms with Gasteiger partial charge in [0.05, 0.1) is 5.75 Å². The lowest BCUT2D eigenvalue weighted by Crippen LogP contribution is -2.38. The van der Waals surface area contributed by atoms with Crippen molar-refractivity contribution in [3.8, 4) is 0 Å². The first-order valence-corrected chi connectivity index (χ1v) is 9.36. The zero-order valence-corrected chi connectivity index (χ0v) is 13.3. The van der Waals surface area contributed by atoms with Crippen LogP contribution in [0.1, 0.15) is 30.4 Å². The van der Waals surface area contributed by atoms with Gasteiger partial charge in [-0.25, -0.2) is 17.5 Å². The van der Waals surface area contributed by atoms with Crippen LogP contribution in [-0.2, 0) is 22.9 Å². The molecule has 0 aliphatic heterocycles. The first-order chi connectivity index (χ1) is 9.91. The molecule has 116 valence electrons. The topological polar surface area (TPSA) is 46.2 Å². The highest BCUT2D eigenvalue weighted by molar-refractivity contribution is 7.89. The molecule has 0 aromatic heterocycles. The molecule has 1 N–H and O–H groups in total. The normalized spacial score (nSPS) is 28.8. The molecule has 0 radical (unpaired) electrons. The van der Waals surface area contributed by atoms with Crippen molar-refractivity contribution in [2.45, 2.75) is 44.3 Å². The van der Waals surface area contributed by atoms with E-state index < -0.39 is 16.2 Å². The lowest BCUT2D eigenvalue weighted by atomic mass is 10.1. The van der Waals surface area contributed by atoms with E-state index in [9.17, 15) is 12.8 Å². The number of sulfonamides is 1. The van der Waals surface area contributed by atoms with E-state index in [2.05, 4.69) is 4.72 Å². The predicted molar refractivity (Wildman–Crippen MR) is 81.8 cm³/mol. The number of benzene rings is 1. The molecule has 1 aromatic rings. The maximum Gasteiger partial charge on any atom is 0.212 e. The van der Waals surface area contributed by atoms with E-state index in [4.69, 9.17) is 11.6 Å². The predicted octanol–water partition coefficient (Wildman–Crippen LogP) is 2.86. The standard InChI is InChI=1S/C15H19ClFNO2S/c16-13-3-2-11-7-15(8-12(11)6-13)18-21(19,20)9-10-1-4-14(17)5-10/h2-3,6,10,14-15,18H,1,4-5,7-9H2. The number of fused-ring (bicyclic) bond motifs is 1. The van der Waals surface area contributed by atoms with Crippen LogP contribution in [0, 0.1) is 5.92 Å². The van der Waals surface area contributed by atoms with Crippen LogP contribution in [0.2, 0.25) is 5.02 Å². The number of hydrogen-bond donors (Lipinski definition) is 1. The molecule has 2 aliphatic carbocycles. The lowest BCUT2D eigenvalue weighted by molar-refractivity contribution is 0.334. The highest BCUT2D eigenvalue weighted by Gasteiger charge is 2.31. The van der Waals surface area contributed by atoms with Crippen LogP contribution in [0.4, 0.5) is 4.39 Å². The van der Waals surface area contributed by atoms with E-state index >= 15 is 0 Å². The third kappa shape index (κ3) is 3.76. The smallest absolute Gasteiger partial charge is 0.212 e. The molecule has 1 saturated carbocycles. The van der Waals surface area contributed by atoms with Crippen LogP contribution in [0.15, 0.2) is 18.2 Å². The van der Waals surface area contributed by atoms with Gasteiger partial charge in [-0.1, -0.05) is 17.7 Å². The summed E-state index contributed by atoms with van der Waals surface area (Å²) >= 11 is 5.96. The van der Waals surface area contributed by atoms with Crippen LogP contribution in [0.5, 0.6) is 0 Å². The van der Waals surface area contributed by atoms with Gasteiger partial charge >= 0.3 is 0 Å². The first-order valence-electron chi connectivity index (χ1n) is 7.32. The van der Waals surface area contributed by atoms with Gasteiger partial charge in [0.15, 0.2) is 0 Å². The van der Waals surface area contributed by atoms with Gasteiger partial charge in [0.25, 0.3) is 0 Å². The third-order valence-electron chi connectivity index (χ3n) is 4.38. The van der Waals surface area contributed by atoms with E-state index in [1.54, 1.807) is 0 Å². The maximum atomic E-state index is 13.1. The molecule has 0 saturated heterocycles. The monoisotopic (exact) mass is 331 g/mol. The molecular weight excluding hydrogens is 313 g/mol. The fraction of sp³-hybridized carbons (Fsp3) is 0.600. The molecule has 0 bridgehead atoms. The quantitative estimate of drug-likeness (QED) is 0.922. The Hall–Kier alpha value is -0.650. The van der Waals surface area contributed by atoms with Crippen molar-refractivity contribution in [1.29, 1.82) is 0 Å². The van der Waals surface area contributed by atoms with Gasteiger partial charge in [0, 0.05) is 11.1 Å². The van der Waals surface area contributed by atoms with Crippen LogP contribution in [0.3, 0.4) is 0 Å². The molecule has 3 rings (SSSR count). The van der Waals surface area contributed by atoms with Crippen LogP contribution in [-0.4, -0.2) is 26.4 Å². The number of alkyl halides is 1. The van der Waals surface area contributed by atoms with Crippen molar-refractivity contribution < 1.29 is 12.8 Å². The number of rotatable bonds is 4. The minimum atomic E-state index is -3.35. The summed E-state index contributed by atoms with van der Waals surface area (Å²) in [6, 6.07) is 5.58. The second kappa shape index (κ2) is 5.86. The Bertz CT molecular complexity index is 635. The molecule has 1 fully saturated rings. The summed E-state index contributed by atoms with van der Waals surface area (Å²) in [5.74, 6) is -0.00295. The van der Waals surface area contributed by atoms with Crippen molar-refractivity contribution in [3.63, 3.8) is 0 Å². The Balaban J connectivity index is 1.60. The summed E-state index contributed by atoms with van der Waals surface area (Å²) in [7, 11) is -3.35. The summed E-state index contributed by atoms with van der Waals surface area (Å²) < 4.78 is 40.3. The molecule has 3 unspecified atom stereocenters. The fourth-order valence-electron chi connectivity index (χ4n) is 3.45. The molecule has 1 aromatic carbocycles. The van der Waals surface area contributed by atoms with Gasteiger partial charge in [-0.05, 0) is 61.3 Å². The molecule has 0 amide bonds. The number of nitrogens with one attached hydrogen (secondary N) is 1. The van der Waals surface area contributed by atoms with E-state index in [0.717, 1.165) is 11.1 Å². The van der Waals surface area contributed by atoms with Crippen molar-refractivity contribution in [2.24, 2.45) is 5.92 Å². The highest BCUT2D eigenvalue weighted by Crippen LogP contribution is 2.29. The van der Waals surface area contributed by atoms with Gasteiger partial charge in [-0.15, -0.1) is 0 Å². The van der Waals surface area contributed by atoms with Crippen LogP contribution < -0.4 is 4.72 Å². The molecular formula is C15H19ClFNO2S. The Labute approximate surface area is 129 Å². The first kappa shape index (κ1) is 15.3. The molecule has 3 atom stereocenters. The molecule has 0 spiro atoms. The van der Waals surface area contributed by atoms with Gasteiger partial charge in [-0.3, -0.25) is 0 Å². The average molecular weight is 332 g/mol. The van der Waals surface area contributed by atoms with E-state index in [-0.39, 0.29) is 17.7 Å². The number of halogens is 2. The largest absolute Gasteiger partial charge is 0.247 e. The van der Waals surface area contributed by atoms with Crippen molar-refractivity contribution in [2.75, 3.05) is 5.75 Å².